The van der Waals surface area contributed by atoms with E-state index in [1.54, 1.807) is 36.7 Å². The Balaban J connectivity index is 1.08. The molecule has 0 aliphatic carbocycles. The van der Waals surface area contributed by atoms with Gasteiger partial charge in [-0.25, -0.2) is 19.3 Å². The third kappa shape index (κ3) is 5.86. The van der Waals surface area contributed by atoms with Crippen LogP contribution in [0.5, 0.6) is 5.88 Å². The average Bonchev–Trinajstić information content (AvgIpc) is 3.25. The summed E-state index contributed by atoms with van der Waals surface area (Å²) in [4.78, 5) is 20.3. The van der Waals surface area contributed by atoms with Crippen molar-refractivity contribution in [2.24, 2.45) is 0 Å². The molecule has 0 unspecified atom stereocenters. The molecule has 0 amide bonds. The zero-order valence-electron chi connectivity index (χ0n) is 21.3. The van der Waals surface area contributed by atoms with Crippen molar-refractivity contribution in [3.63, 3.8) is 0 Å². The van der Waals surface area contributed by atoms with E-state index in [2.05, 4.69) is 30.5 Å². The molecule has 11 heteroatoms. The van der Waals surface area contributed by atoms with Gasteiger partial charge in [-0.3, -0.25) is 4.90 Å². The molecule has 1 atom stereocenters. The van der Waals surface area contributed by atoms with E-state index in [-0.39, 0.29) is 24.4 Å². The predicted molar refractivity (Wildman–Crippen MR) is 142 cm³/mol. The standard InChI is InChI=1S/C28H27ClFN7O2/c29-19-2-1-18(23(30)12-19)11-26-32-7-3-28(35-26)39-21-4-8-36(9-5-21)17-27-34-24-13-20(14-31)33-15-25(24)37(27)16-22-6-10-38-22/h1-3,7,12-13,15,21-22H,4-6,8-11,16-17H2/t22-/m0/s1. The van der Waals surface area contributed by atoms with E-state index >= 15 is 0 Å². The van der Waals surface area contributed by atoms with Gasteiger partial charge in [-0.15, -0.1) is 0 Å². The van der Waals surface area contributed by atoms with Gasteiger partial charge in [0, 0.05) is 49.5 Å². The van der Waals surface area contributed by atoms with Crippen molar-refractivity contribution in [3.8, 4) is 11.9 Å². The molecule has 39 heavy (non-hydrogen) atoms. The van der Waals surface area contributed by atoms with Gasteiger partial charge in [-0.05, 0) is 37.0 Å². The number of piperidine rings is 1. The van der Waals surface area contributed by atoms with Gasteiger partial charge in [0.1, 0.15) is 35.3 Å². The summed E-state index contributed by atoms with van der Waals surface area (Å²) in [7, 11) is 0. The quantitative estimate of drug-likeness (QED) is 0.321. The number of fused-ring (bicyclic) bond motifs is 1. The van der Waals surface area contributed by atoms with Gasteiger partial charge in [0.25, 0.3) is 0 Å². The fourth-order valence-corrected chi connectivity index (χ4v) is 5.17. The minimum absolute atomic E-state index is 0.0286. The summed E-state index contributed by atoms with van der Waals surface area (Å²) >= 11 is 5.86. The van der Waals surface area contributed by atoms with Crippen molar-refractivity contribution in [1.82, 2.24) is 29.4 Å². The molecule has 2 fully saturated rings. The summed E-state index contributed by atoms with van der Waals surface area (Å²) in [5.74, 6) is 1.57. The van der Waals surface area contributed by atoms with Crippen molar-refractivity contribution >= 4 is 22.6 Å². The largest absolute Gasteiger partial charge is 0.474 e. The minimum atomic E-state index is -0.375. The molecule has 2 aliphatic rings. The van der Waals surface area contributed by atoms with Crippen LogP contribution in [0.2, 0.25) is 5.02 Å². The molecular weight excluding hydrogens is 521 g/mol. The lowest BCUT2D eigenvalue weighted by Crippen LogP contribution is -2.39. The van der Waals surface area contributed by atoms with Crippen LogP contribution in [0.1, 0.15) is 42.2 Å². The second-order valence-corrected chi connectivity index (χ2v) is 10.3. The molecule has 1 aromatic carbocycles. The Hall–Kier alpha value is -3.65. The zero-order chi connectivity index (χ0) is 26.8. The molecule has 0 radical (unpaired) electrons. The van der Waals surface area contributed by atoms with Crippen LogP contribution in [0, 0.1) is 17.1 Å². The van der Waals surface area contributed by atoms with Crippen LogP contribution in [0.15, 0.2) is 42.7 Å². The first-order chi connectivity index (χ1) is 19.0. The molecule has 0 N–H and O–H groups in total. The molecule has 6 rings (SSSR count). The minimum Gasteiger partial charge on any atom is -0.474 e. The monoisotopic (exact) mass is 547 g/mol. The van der Waals surface area contributed by atoms with E-state index in [0.717, 1.165) is 62.4 Å². The fraction of sp³-hybridized carbons (Fsp3) is 0.393. The number of ether oxygens (including phenoxy) is 2. The smallest absolute Gasteiger partial charge is 0.216 e. The third-order valence-corrected chi connectivity index (χ3v) is 7.47. The van der Waals surface area contributed by atoms with Crippen molar-refractivity contribution in [2.75, 3.05) is 19.7 Å². The van der Waals surface area contributed by atoms with Crippen LogP contribution < -0.4 is 4.74 Å². The molecule has 200 valence electrons. The SMILES string of the molecule is N#Cc1cc2nc(CN3CCC(Oc4ccnc(Cc5ccc(Cl)cc5F)n4)CC3)n(C[C@@H]3CCO3)c2cn1. The lowest BCUT2D eigenvalue weighted by atomic mass is 10.1. The zero-order valence-corrected chi connectivity index (χ0v) is 22.0. The number of nitriles is 1. The molecule has 0 spiro atoms. The summed E-state index contributed by atoms with van der Waals surface area (Å²) in [6.45, 7) is 3.92. The number of hydrogen-bond donors (Lipinski definition) is 0. The van der Waals surface area contributed by atoms with Gasteiger partial charge in [0.15, 0.2) is 0 Å². The molecule has 0 saturated carbocycles. The molecule has 3 aromatic heterocycles. The predicted octanol–water partition coefficient (Wildman–Crippen LogP) is 4.31. The first-order valence-electron chi connectivity index (χ1n) is 13.1. The Morgan fingerprint density at radius 1 is 1.13 bits per heavy atom. The molecule has 2 aliphatic heterocycles. The summed E-state index contributed by atoms with van der Waals surface area (Å²) in [5, 5.41) is 9.60. The number of benzene rings is 1. The average molecular weight is 548 g/mol. The van der Waals surface area contributed by atoms with E-state index in [0.29, 0.717) is 34.5 Å². The van der Waals surface area contributed by atoms with Gasteiger partial charge >= 0.3 is 0 Å². The second kappa shape index (κ2) is 11.2. The van der Waals surface area contributed by atoms with Crippen molar-refractivity contribution in [1.29, 1.82) is 5.26 Å². The molecule has 0 bridgehead atoms. The summed E-state index contributed by atoms with van der Waals surface area (Å²) < 4.78 is 28.2. The number of rotatable bonds is 8. The number of pyridine rings is 1. The number of hydrogen-bond acceptors (Lipinski definition) is 8. The Morgan fingerprint density at radius 3 is 2.72 bits per heavy atom. The van der Waals surface area contributed by atoms with Crippen LogP contribution >= 0.6 is 11.6 Å². The molecule has 9 nitrogen and oxygen atoms in total. The normalized spacial score (nSPS) is 18.1. The van der Waals surface area contributed by atoms with Gasteiger partial charge in [-0.1, -0.05) is 17.7 Å². The van der Waals surface area contributed by atoms with E-state index < -0.39 is 0 Å². The van der Waals surface area contributed by atoms with Crippen molar-refractivity contribution in [2.45, 2.75) is 51.0 Å². The Bertz CT molecular complexity index is 1530. The molecular formula is C28H27ClFN7O2. The summed E-state index contributed by atoms with van der Waals surface area (Å²) in [6.07, 6.45) is 6.58. The first kappa shape index (κ1) is 25.6. The fourth-order valence-electron chi connectivity index (χ4n) is 5.01. The van der Waals surface area contributed by atoms with Gasteiger partial charge in [-0.2, -0.15) is 10.2 Å². The topological polar surface area (TPSA) is 102 Å². The number of likely N-dealkylation sites (tertiary alicyclic amines) is 1. The van der Waals surface area contributed by atoms with Crippen LogP contribution in [0.25, 0.3) is 11.0 Å². The summed E-state index contributed by atoms with van der Waals surface area (Å²) in [6, 6.07) is 10.2. The Morgan fingerprint density at radius 2 is 1.97 bits per heavy atom. The lowest BCUT2D eigenvalue weighted by Gasteiger charge is -2.32. The highest BCUT2D eigenvalue weighted by molar-refractivity contribution is 6.30. The highest BCUT2D eigenvalue weighted by Gasteiger charge is 2.26. The van der Waals surface area contributed by atoms with Crippen LogP contribution in [-0.2, 0) is 24.2 Å². The number of imidazole rings is 1. The van der Waals surface area contributed by atoms with Crippen LogP contribution in [-0.4, -0.2) is 61.3 Å². The summed E-state index contributed by atoms with van der Waals surface area (Å²) in [5.41, 5.74) is 2.56. The molecule has 4 aromatic rings. The molecule has 2 saturated heterocycles. The maximum atomic E-state index is 14.2. The van der Waals surface area contributed by atoms with E-state index in [1.165, 1.54) is 6.07 Å². The van der Waals surface area contributed by atoms with Crippen molar-refractivity contribution in [3.05, 3.63) is 76.5 Å². The third-order valence-electron chi connectivity index (χ3n) is 7.24. The van der Waals surface area contributed by atoms with E-state index in [1.807, 2.05) is 0 Å². The van der Waals surface area contributed by atoms with E-state index in [4.69, 9.17) is 26.1 Å². The Labute approximate surface area is 230 Å². The highest BCUT2D eigenvalue weighted by atomic mass is 35.5. The highest BCUT2D eigenvalue weighted by Crippen LogP contribution is 2.24. The van der Waals surface area contributed by atoms with Crippen LogP contribution in [0.4, 0.5) is 4.39 Å². The number of halogens is 2. The van der Waals surface area contributed by atoms with Gasteiger partial charge in [0.2, 0.25) is 5.88 Å². The second-order valence-electron chi connectivity index (χ2n) is 9.91. The maximum Gasteiger partial charge on any atom is 0.216 e. The lowest BCUT2D eigenvalue weighted by molar-refractivity contribution is -0.0592. The maximum absolute atomic E-state index is 14.2. The molecule has 5 heterocycles. The number of nitrogens with zero attached hydrogens (tertiary/aromatic N) is 7. The van der Waals surface area contributed by atoms with Gasteiger partial charge in [0.05, 0.1) is 36.4 Å². The first-order valence-corrected chi connectivity index (χ1v) is 13.4. The number of aromatic nitrogens is 5. The van der Waals surface area contributed by atoms with Crippen LogP contribution in [0.3, 0.4) is 0 Å². The van der Waals surface area contributed by atoms with Crippen molar-refractivity contribution < 1.29 is 13.9 Å². The Kier molecular flexibility index (Phi) is 7.37. The van der Waals surface area contributed by atoms with Gasteiger partial charge < -0.3 is 14.0 Å². The van der Waals surface area contributed by atoms with E-state index in [9.17, 15) is 9.65 Å².